The van der Waals surface area contributed by atoms with Gasteiger partial charge in [-0.05, 0) is 34.5 Å². The molecule has 0 aromatic carbocycles. The second-order valence-corrected chi connectivity index (χ2v) is 4.15. The normalized spacial score (nSPS) is 11.8. The number of hydrogen-bond acceptors (Lipinski definition) is 2. The molecule has 0 amide bonds. The van der Waals surface area contributed by atoms with Gasteiger partial charge in [0.1, 0.15) is 0 Å². The van der Waals surface area contributed by atoms with Crippen LogP contribution < -0.4 is 0 Å². The molecule has 0 aliphatic carbocycles. The van der Waals surface area contributed by atoms with E-state index in [1.54, 1.807) is 18.3 Å². The Labute approximate surface area is 100.0 Å². The maximum atomic E-state index is 11.8. The first kappa shape index (κ1) is 13.4. The Bertz CT molecular complexity index is 313. The Hall–Kier alpha value is -0.620. The van der Waals surface area contributed by atoms with Gasteiger partial charge in [-0.1, -0.05) is 0 Å². The molecule has 1 aromatic heterocycles. The molecule has 1 heterocycles. The number of pyridine rings is 1. The zero-order valence-corrected chi connectivity index (χ0v) is 10.0. The lowest BCUT2D eigenvalue weighted by atomic mass is 10.3. The molecule has 0 fully saturated rings. The highest BCUT2D eigenvalue weighted by molar-refractivity contribution is 9.10. The Balaban J connectivity index is 2.14. The van der Waals surface area contributed by atoms with Crippen molar-refractivity contribution in [2.75, 3.05) is 6.61 Å². The summed E-state index contributed by atoms with van der Waals surface area (Å²) in [6, 6.07) is 3.56. The second kappa shape index (κ2) is 6.20. The Morgan fingerprint density at radius 1 is 1.31 bits per heavy atom. The van der Waals surface area contributed by atoms with E-state index in [0.29, 0.717) is 5.69 Å². The average Bonchev–Trinajstić information content (AvgIpc) is 2.19. The fourth-order valence-corrected chi connectivity index (χ4v) is 1.28. The summed E-state index contributed by atoms with van der Waals surface area (Å²) in [6.07, 6.45) is -3.30. The number of alkyl halides is 3. The molecule has 0 radical (unpaired) electrons. The summed E-state index contributed by atoms with van der Waals surface area (Å²) in [5.74, 6) is 0. The van der Waals surface area contributed by atoms with E-state index in [0.717, 1.165) is 4.47 Å². The van der Waals surface area contributed by atoms with E-state index >= 15 is 0 Å². The molecule has 0 unspecified atom stereocenters. The molecule has 0 saturated carbocycles. The van der Waals surface area contributed by atoms with E-state index in [2.05, 4.69) is 20.9 Å². The van der Waals surface area contributed by atoms with Crippen molar-refractivity contribution < 1.29 is 17.9 Å². The first-order chi connectivity index (χ1) is 7.47. The molecular weight excluding hydrogens is 287 g/mol. The van der Waals surface area contributed by atoms with E-state index < -0.39 is 12.6 Å². The smallest absolute Gasteiger partial charge is 0.375 e. The van der Waals surface area contributed by atoms with Crippen molar-refractivity contribution in [2.45, 2.75) is 25.6 Å². The lowest BCUT2D eigenvalue weighted by molar-refractivity contribution is -0.138. The predicted octanol–water partition coefficient (Wildman–Crippen LogP) is 3.70. The highest BCUT2D eigenvalue weighted by Crippen LogP contribution is 2.21. The summed E-state index contributed by atoms with van der Waals surface area (Å²) in [5, 5.41) is 0. The maximum absolute atomic E-state index is 11.8. The third-order valence-corrected chi connectivity index (χ3v) is 2.26. The fraction of sp³-hybridized carbons (Fsp3) is 0.500. The van der Waals surface area contributed by atoms with Crippen LogP contribution in [0.5, 0.6) is 0 Å². The van der Waals surface area contributed by atoms with Gasteiger partial charge in [0.2, 0.25) is 0 Å². The Kier molecular flexibility index (Phi) is 5.21. The van der Waals surface area contributed by atoms with Gasteiger partial charge in [-0.2, -0.15) is 13.2 Å². The number of aromatic nitrogens is 1. The molecule has 0 aliphatic heterocycles. The van der Waals surface area contributed by atoms with Crippen LogP contribution in [0, 0.1) is 0 Å². The summed E-state index contributed by atoms with van der Waals surface area (Å²) in [5.41, 5.74) is 0.704. The van der Waals surface area contributed by atoms with Crippen LogP contribution in [0.15, 0.2) is 22.8 Å². The lowest BCUT2D eigenvalue weighted by Gasteiger charge is -2.06. The first-order valence-corrected chi connectivity index (χ1v) is 5.51. The van der Waals surface area contributed by atoms with E-state index in [-0.39, 0.29) is 19.6 Å². The molecule has 2 nitrogen and oxygen atoms in total. The highest BCUT2D eigenvalue weighted by atomic mass is 79.9. The van der Waals surface area contributed by atoms with Crippen molar-refractivity contribution in [1.82, 2.24) is 4.98 Å². The quantitative estimate of drug-likeness (QED) is 0.773. The van der Waals surface area contributed by atoms with Crippen LogP contribution >= 0.6 is 15.9 Å². The molecule has 1 rings (SSSR count). The monoisotopic (exact) mass is 297 g/mol. The molecule has 0 aliphatic rings. The van der Waals surface area contributed by atoms with Crippen molar-refractivity contribution in [3.05, 3.63) is 28.5 Å². The van der Waals surface area contributed by atoms with Crippen molar-refractivity contribution in [1.29, 1.82) is 0 Å². The van der Waals surface area contributed by atoms with Crippen LogP contribution in [0.1, 0.15) is 18.5 Å². The van der Waals surface area contributed by atoms with Gasteiger partial charge in [-0.15, -0.1) is 0 Å². The van der Waals surface area contributed by atoms with Crippen molar-refractivity contribution in [3.8, 4) is 0 Å². The SMILES string of the molecule is FC(F)(F)CCCOCc1ccc(Br)cn1. The summed E-state index contributed by atoms with van der Waals surface area (Å²) >= 11 is 3.23. The van der Waals surface area contributed by atoms with Crippen LogP contribution in [0.25, 0.3) is 0 Å². The minimum atomic E-state index is -4.10. The third kappa shape index (κ3) is 6.07. The fourth-order valence-electron chi connectivity index (χ4n) is 1.04. The van der Waals surface area contributed by atoms with Crippen molar-refractivity contribution >= 4 is 15.9 Å². The Morgan fingerprint density at radius 3 is 2.62 bits per heavy atom. The second-order valence-electron chi connectivity index (χ2n) is 3.24. The predicted molar refractivity (Wildman–Crippen MR) is 56.9 cm³/mol. The van der Waals surface area contributed by atoms with Gasteiger partial charge in [0.25, 0.3) is 0 Å². The van der Waals surface area contributed by atoms with Crippen LogP contribution in [0.2, 0.25) is 0 Å². The summed E-state index contributed by atoms with van der Waals surface area (Å²) in [4.78, 5) is 4.03. The summed E-state index contributed by atoms with van der Waals surface area (Å²) in [7, 11) is 0. The molecular formula is C10H11BrF3NO. The molecule has 0 atom stereocenters. The highest BCUT2D eigenvalue weighted by Gasteiger charge is 2.25. The van der Waals surface area contributed by atoms with Crippen LogP contribution in [-0.2, 0) is 11.3 Å². The average molecular weight is 298 g/mol. The van der Waals surface area contributed by atoms with Crippen LogP contribution in [0.3, 0.4) is 0 Å². The molecule has 0 bridgehead atoms. The lowest BCUT2D eigenvalue weighted by Crippen LogP contribution is -2.08. The number of halogens is 4. The number of hydrogen-bond donors (Lipinski definition) is 0. The van der Waals surface area contributed by atoms with Gasteiger partial charge in [-0.3, -0.25) is 4.98 Å². The number of nitrogens with zero attached hydrogens (tertiary/aromatic N) is 1. The zero-order valence-electron chi connectivity index (χ0n) is 8.43. The van der Waals surface area contributed by atoms with Gasteiger partial charge >= 0.3 is 6.18 Å². The minimum absolute atomic E-state index is 0.0139. The van der Waals surface area contributed by atoms with E-state index in [1.807, 2.05) is 0 Å². The third-order valence-electron chi connectivity index (χ3n) is 1.79. The van der Waals surface area contributed by atoms with Crippen molar-refractivity contribution in [3.63, 3.8) is 0 Å². The van der Waals surface area contributed by atoms with E-state index in [1.165, 1.54) is 0 Å². The van der Waals surface area contributed by atoms with Gasteiger partial charge in [0, 0.05) is 23.7 Å². The zero-order chi connectivity index (χ0) is 12.0. The van der Waals surface area contributed by atoms with Gasteiger partial charge < -0.3 is 4.74 Å². The molecule has 0 saturated heterocycles. The molecule has 90 valence electrons. The molecule has 6 heteroatoms. The minimum Gasteiger partial charge on any atom is -0.375 e. The molecule has 0 spiro atoms. The van der Waals surface area contributed by atoms with E-state index in [9.17, 15) is 13.2 Å². The standard InChI is InChI=1S/C10H11BrF3NO/c11-8-2-3-9(15-6-8)7-16-5-1-4-10(12,13)14/h2-3,6H,1,4-5,7H2. The van der Waals surface area contributed by atoms with Crippen molar-refractivity contribution in [2.24, 2.45) is 0 Å². The summed E-state index contributed by atoms with van der Waals surface area (Å²) in [6.45, 7) is 0.336. The van der Waals surface area contributed by atoms with Crippen LogP contribution in [-0.4, -0.2) is 17.8 Å². The Morgan fingerprint density at radius 2 is 2.06 bits per heavy atom. The van der Waals surface area contributed by atoms with Gasteiger partial charge in [-0.25, -0.2) is 0 Å². The maximum Gasteiger partial charge on any atom is 0.389 e. The van der Waals surface area contributed by atoms with Gasteiger partial charge in [0.15, 0.2) is 0 Å². The van der Waals surface area contributed by atoms with Crippen LogP contribution in [0.4, 0.5) is 13.2 Å². The van der Waals surface area contributed by atoms with Gasteiger partial charge in [0.05, 0.1) is 12.3 Å². The van der Waals surface area contributed by atoms with E-state index in [4.69, 9.17) is 4.74 Å². The largest absolute Gasteiger partial charge is 0.389 e. The molecule has 16 heavy (non-hydrogen) atoms. The first-order valence-electron chi connectivity index (χ1n) is 4.72. The molecule has 1 aromatic rings. The topological polar surface area (TPSA) is 22.1 Å². The molecule has 0 N–H and O–H groups in total. The number of rotatable bonds is 5. The number of ether oxygens (including phenoxy) is 1. The summed E-state index contributed by atoms with van der Waals surface area (Å²) < 4.78 is 41.3.